The van der Waals surface area contributed by atoms with E-state index in [0.717, 1.165) is 24.6 Å². The molecular weight excluding hydrogens is 492 g/mol. The number of rotatable bonds is 12. The SMILES string of the molecule is CCOC(=O)c1cc2ccc(OC3C[C@@H]3CCOC(=O)/C(=C/c3ccc(OC4CC4)nc3)N=[N+]=[N-])nc2[nH]1. The van der Waals surface area contributed by atoms with Gasteiger partial charge in [0.15, 0.2) is 0 Å². The van der Waals surface area contributed by atoms with Gasteiger partial charge in [-0.2, -0.15) is 4.98 Å². The molecule has 0 spiro atoms. The van der Waals surface area contributed by atoms with Crippen LogP contribution in [0, 0.1) is 5.92 Å². The Bertz CT molecular complexity index is 1410. The number of aromatic amines is 1. The molecular formula is C26H26N6O6. The van der Waals surface area contributed by atoms with Crippen LogP contribution in [0.3, 0.4) is 0 Å². The summed E-state index contributed by atoms with van der Waals surface area (Å²) in [5.74, 6) is 0.0131. The largest absolute Gasteiger partial charge is 0.474 e. The average Bonchev–Trinajstić information content (AvgIpc) is 3.83. The topological polar surface area (TPSA) is 161 Å². The summed E-state index contributed by atoms with van der Waals surface area (Å²) < 4.78 is 21.9. The molecule has 0 bridgehead atoms. The molecule has 3 aromatic heterocycles. The van der Waals surface area contributed by atoms with Gasteiger partial charge in [-0.1, -0.05) is 5.11 Å². The summed E-state index contributed by atoms with van der Waals surface area (Å²) in [6.45, 7) is 2.19. The molecule has 0 aromatic carbocycles. The lowest BCUT2D eigenvalue weighted by atomic mass is 10.2. The second-order valence-electron chi connectivity index (χ2n) is 9.03. The first-order valence-electron chi connectivity index (χ1n) is 12.4. The number of hydrogen-bond donors (Lipinski definition) is 1. The number of hydrogen-bond acceptors (Lipinski definition) is 9. The van der Waals surface area contributed by atoms with Crippen LogP contribution in [0.2, 0.25) is 0 Å². The van der Waals surface area contributed by atoms with E-state index in [9.17, 15) is 9.59 Å². The van der Waals surface area contributed by atoms with Crippen LogP contribution in [0.1, 0.15) is 48.7 Å². The molecule has 1 unspecified atom stereocenters. The molecule has 2 fully saturated rings. The number of fused-ring (bicyclic) bond motifs is 1. The minimum absolute atomic E-state index is 0.0484. The number of azide groups is 1. The summed E-state index contributed by atoms with van der Waals surface area (Å²) >= 11 is 0. The Hall–Kier alpha value is -4.57. The highest BCUT2D eigenvalue weighted by atomic mass is 16.5. The van der Waals surface area contributed by atoms with Gasteiger partial charge >= 0.3 is 11.9 Å². The minimum Gasteiger partial charge on any atom is -0.474 e. The van der Waals surface area contributed by atoms with E-state index in [4.69, 9.17) is 24.5 Å². The van der Waals surface area contributed by atoms with Crippen molar-refractivity contribution in [2.75, 3.05) is 13.2 Å². The van der Waals surface area contributed by atoms with Gasteiger partial charge in [0.25, 0.3) is 0 Å². The van der Waals surface area contributed by atoms with E-state index in [2.05, 4.69) is 25.0 Å². The monoisotopic (exact) mass is 518 g/mol. The summed E-state index contributed by atoms with van der Waals surface area (Å²) in [5.41, 5.74) is 10.2. The predicted octanol–water partition coefficient (Wildman–Crippen LogP) is 4.73. The summed E-state index contributed by atoms with van der Waals surface area (Å²) in [5, 5.41) is 4.25. The Morgan fingerprint density at radius 2 is 2.03 bits per heavy atom. The fraction of sp³-hybridized carbons (Fsp3) is 0.385. The lowest BCUT2D eigenvalue weighted by molar-refractivity contribution is -0.139. The first-order chi connectivity index (χ1) is 18.5. The molecule has 12 nitrogen and oxygen atoms in total. The van der Waals surface area contributed by atoms with Crippen LogP contribution in [0.15, 0.2) is 47.3 Å². The summed E-state index contributed by atoms with van der Waals surface area (Å²) in [7, 11) is 0. The molecule has 0 amide bonds. The third-order valence-electron chi connectivity index (χ3n) is 6.04. The summed E-state index contributed by atoms with van der Waals surface area (Å²) in [6.07, 6.45) is 6.61. The highest BCUT2D eigenvalue weighted by Gasteiger charge is 2.39. The number of ether oxygens (including phenoxy) is 4. The van der Waals surface area contributed by atoms with Crippen molar-refractivity contribution in [1.82, 2.24) is 15.0 Å². The van der Waals surface area contributed by atoms with E-state index in [-0.39, 0.29) is 30.4 Å². The number of nitrogens with zero attached hydrogens (tertiary/aromatic N) is 5. The van der Waals surface area contributed by atoms with Gasteiger partial charge in [0.05, 0.1) is 13.2 Å². The van der Waals surface area contributed by atoms with Gasteiger partial charge in [0.2, 0.25) is 11.8 Å². The minimum atomic E-state index is -0.713. The molecule has 1 N–H and O–H groups in total. The molecule has 2 atom stereocenters. The maximum Gasteiger partial charge on any atom is 0.354 e. The van der Waals surface area contributed by atoms with Crippen molar-refractivity contribution in [2.24, 2.45) is 11.0 Å². The van der Waals surface area contributed by atoms with Gasteiger partial charge in [-0.3, -0.25) is 0 Å². The molecule has 12 heteroatoms. The zero-order valence-electron chi connectivity index (χ0n) is 20.7. The van der Waals surface area contributed by atoms with Crippen molar-refractivity contribution in [3.63, 3.8) is 0 Å². The van der Waals surface area contributed by atoms with Crippen molar-refractivity contribution in [3.05, 3.63) is 63.9 Å². The fourth-order valence-electron chi connectivity index (χ4n) is 3.81. The molecule has 2 saturated carbocycles. The zero-order valence-corrected chi connectivity index (χ0v) is 20.7. The predicted molar refractivity (Wildman–Crippen MR) is 135 cm³/mol. The molecule has 38 heavy (non-hydrogen) atoms. The first-order valence-corrected chi connectivity index (χ1v) is 12.4. The lowest BCUT2D eigenvalue weighted by Crippen LogP contribution is -2.09. The van der Waals surface area contributed by atoms with Crippen molar-refractivity contribution >= 4 is 29.0 Å². The third kappa shape index (κ3) is 6.40. The number of H-pyrrole nitrogens is 1. The van der Waals surface area contributed by atoms with Crippen molar-refractivity contribution in [3.8, 4) is 11.8 Å². The quantitative estimate of drug-likeness (QED) is 0.118. The van der Waals surface area contributed by atoms with E-state index < -0.39 is 11.9 Å². The van der Waals surface area contributed by atoms with Gasteiger partial charge in [-0.05, 0) is 68.0 Å². The van der Waals surface area contributed by atoms with Crippen LogP contribution in [0.4, 0.5) is 0 Å². The van der Waals surface area contributed by atoms with Crippen molar-refractivity contribution in [1.29, 1.82) is 0 Å². The number of esters is 2. The van der Waals surface area contributed by atoms with E-state index in [1.54, 1.807) is 37.4 Å². The number of carbonyl (C=O) groups excluding carboxylic acids is 2. The normalized spacial score (nSPS) is 18.4. The van der Waals surface area contributed by atoms with E-state index in [0.29, 0.717) is 41.7 Å². The van der Waals surface area contributed by atoms with Crippen molar-refractivity contribution < 1.29 is 28.5 Å². The van der Waals surface area contributed by atoms with Crippen molar-refractivity contribution in [2.45, 2.75) is 44.8 Å². The molecule has 0 radical (unpaired) electrons. The Kier molecular flexibility index (Phi) is 7.41. The molecule has 0 aliphatic heterocycles. The summed E-state index contributed by atoms with van der Waals surface area (Å²) in [4.78, 5) is 38.7. The van der Waals surface area contributed by atoms with Crippen LogP contribution in [-0.4, -0.2) is 52.3 Å². The highest BCUT2D eigenvalue weighted by molar-refractivity contribution is 5.94. The Morgan fingerprint density at radius 1 is 1.18 bits per heavy atom. The van der Waals surface area contributed by atoms with E-state index in [1.807, 2.05) is 6.07 Å². The Balaban J connectivity index is 1.09. The summed E-state index contributed by atoms with van der Waals surface area (Å²) in [6, 6.07) is 8.69. The van der Waals surface area contributed by atoms with Crippen LogP contribution in [-0.2, 0) is 14.3 Å². The third-order valence-corrected chi connectivity index (χ3v) is 6.04. The Labute approximate surface area is 217 Å². The Morgan fingerprint density at radius 3 is 2.76 bits per heavy atom. The van der Waals surface area contributed by atoms with Crippen LogP contribution in [0.25, 0.3) is 27.6 Å². The molecule has 0 saturated heterocycles. The molecule has 2 aliphatic rings. The number of aromatic nitrogens is 3. The van der Waals surface area contributed by atoms with E-state index in [1.165, 1.54) is 6.08 Å². The lowest BCUT2D eigenvalue weighted by Gasteiger charge is -2.07. The van der Waals surface area contributed by atoms with Crippen LogP contribution >= 0.6 is 0 Å². The zero-order chi connectivity index (χ0) is 26.5. The van der Waals surface area contributed by atoms with Gasteiger partial charge in [-0.25, -0.2) is 14.6 Å². The number of nitrogens with one attached hydrogen (secondary N) is 1. The molecule has 2 aliphatic carbocycles. The second kappa shape index (κ2) is 11.2. The smallest absolute Gasteiger partial charge is 0.354 e. The standard InChI is InChI=1S/C26H26N6O6/c1-2-35-25(33)19-12-17-4-8-23(30-24(17)29-19)38-21-13-16(21)9-10-36-26(34)20(31-32-27)11-15-3-7-22(28-14-15)37-18-5-6-18/h3-4,7-8,11-12,14,16,18,21H,2,5-6,9-10,13H2,1H3,(H,29,30)/b20-11-/t16-,21?/m0/s1. The van der Waals surface area contributed by atoms with Gasteiger partial charge in [-0.15, -0.1) is 0 Å². The first kappa shape index (κ1) is 25.1. The van der Waals surface area contributed by atoms with Gasteiger partial charge in [0, 0.05) is 34.5 Å². The fourth-order valence-corrected chi connectivity index (χ4v) is 3.81. The second-order valence-corrected chi connectivity index (χ2v) is 9.03. The maximum absolute atomic E-state index is 12.5. The number of carbonyl (C=O) groups is 2. The molecule has 3 heterocycles. The molecule has 196 valence electrons. The molecule has 5 rings (SSSR count). The van der Waals surface area contributed by atoms with Gasteiger partial charge < -0.3 is 23.9 Å². The molecule has 3 aromatic rings. The van der Waals surface area contributed by atoms with E-state index >= 15 is 0 Å². The van der Waals surface area contributed by atoms with Crippen LogP contribution in [0.5, 0.6) is 11.8 Å². The average molecular weight is 519 g/mol. The number of pyridine rings is 2. The van der Waals surface area contributed by atoms with Crippen LogP contribution < -0.4 is 9.47 Å². The van der Waals surface area contributed by atoms with Gasteiger partial charge in [0.1, 0.15) is 29.2 Å². The maximum atomic E-state index is 12.5. The highest BCUT2D eigenvalue weighted by Crippen LogP contribution is 2.37.